The molecule has 4 N–H and O–H groups in total. The SMILES string of the molecule is N#C[C@@]1(c2ccc3c(N)ncnn23)O[C@H](COC(=O)OC23CC4CC(CC(C4)C2)C3)[C@@H](O)[C@H]1O. The predicted molar refractivity (Wildman–Crippen MR) is 115 cm³/mol. The highest BCUT2D eigenvalue weighted by atomic mass is 16.7. The summed E-state index contributed by atoms with van der Waals surface area (Å²) in [6.07, 6.45) is 2.47. The lowest BCUT2D eigenvalue weighted by Crippen LogP contribution is -2.52. The molecule has 2 aromatic heterocycles. The zero-order chi connectivity index (χ0) is 23.7. The maximum atomic E-state index is 12.6. The van der Waals surface area contributed by atoms with Crippen molar-refractivity contribution in [3.8, 4) is 6.07 Å². The van der Waals surface area contributed by atoms with Gasteiger partial charge in [0.05, 0.1) is 5.69 Å². The highest BCUT2D eigenvalue weighted by Crippen LogP contribution is 2.57. The Labute approximate surface area is 195 Å². The van der Waals surface area contributed by atoms with Crippen molar-refractivity contribution >= 4 is 17.5 Å². The van der Waals surface area contributed by atoms with Gasteiger partial charge in [-0.15, -0.1) is 0 Å². The van der Waals surface area contributed by atoms with Crippen molar-refractivity contribution in [1.82, 2.24) is 14.6 Å². The highest BCUT2D eigenvalue weighted by Gasteiger charge is 2.58. The highest BCUT2D eigenvalue weighted by molar-refractivity contribution is 5.66. The Morgan fingerprint density at radius 1 is 1.24 bits per heavy atom. The molecule has 0 radical (unpaired) electrons. The summed E-state index contributed by atoms with van der Waals surface area (Å²) in [5.41, 5.74) is 4.08. The molecule has 180 valence electrons. The Morgan fingerprint density at radius 3 is 2.56 bits per heavy atom. The Bertz CT molecular complexity index is 1140. The molecule has 34 heavy (non-hydrogen) atoms. The van der Waals surface area contributed by atoms with Gasteiger partial charge in [0.2, 0.25) is 5.60 Å². The Hall–Kier alpha value is -2.94. The van der Waals surface area contributed by atoms with Crippen LogP contribution in [0.1, 0.15) is 44.2 Å². The van der Waals surface area contributed by atoms with Gasteiger partial charge < -0.3 is 30.2 Å². The molecule has 1 saturated heterocycles. The standard InChI is InChI=1S/C23H27N5O6/c24-10-23(17-2-1-15-20(25)26-11-27-28(15)17)19(30)18(29)16(33-23)9-32-21(31)34-22-6-12-3-13(7-22)5-14(4-12)8-22/h1-2,11-14,16,18-19,29-30H,3-9H2,(H2,25,26,27)/t12?,13?,14?,16-,18-,19-,22?,23+/m1/s1. The van der Waals surface area contributed by atoms with E-state index < -0.39 is 35.7 Å². The summed E-state index contributed by atoms with van der Waals surface area (Å²) in [6.45, 7) is -0.368. The van der Waals surface area contributed by atoms with Crippen molar-refractivity contribution in [2.75, 3.05) is 12.3 Å². The summed E-state index contributed by atoms with van der Waals surface area (Å²) in [4.78, 5) is 16.5. The van der Waals surface area contributed by atoms with E-state index in [1.165, 1.54) is 36.2 Å². The van der Waals surface area contributed by atoms with E-state index in [4.69, 9.17) is 19.9 Å². The fourth-order valence-corrected chi connectivity index (χ4v) is 7.06. The normalized spacial score (nSPS) is 40.4. The number of fused-ring (bicyclic) bond motifs is 1. The molecule has 4 saturated carbocycles. The summed E-state index contributed by atoms with van der Waals surface area (Å²) in [7, 11) is 0. The third kappa shape index (κ3) is 3.16. The second-order valence-electron chi connectivity index (χ2n) is 10.4. The molecule has 5 aliphatic rings. The quantitative estimate of drug-likeness (QED) is 0.555. The van der Waals surface area contributed by atoms with Crippen LogP contribution >= 0.6 is 0 Å². The largest absolute Gasteiger partial charge is 0.508 e. The Kier molecular flexibility index (Phi) is 4.78. The van der Waals surface area contributed by atoms with E-state index in [-0.39, 0.29) is 18.1 Å². The topological polar surface area (TPSA) is 165 Å². The van der Waals surface area contributed by atoms with Crippen LogP contribution in [0.4, 0.5) is 10.6 Å². The minimum Gasteiger partial charge on any atom is -0.431 e. The Morgan fingerprint density at radius 2 is 1.91 bits per heavy atom. The lowest BCUT2D eigenvalue weighted by Gasteiger charge is -2.55. The number of ether oxygens (including phenoxy) is 3. The van der Waals surface area contributed by atoms with Gasteiger partial charge in [-0.2, -0.15) is 10.4 Å². The zero-order valence-corrected chi connectivity index (χ0v) is 18.5. The monoisotopic (exact) mass is 469 g/mol. The number of aliphatic hydroxyl groups is 2. The predicted octanol–water partition coefficient (Wildman–Crippen LogP) is 1.27. The number of nitrogens with two attached hydrogens (primary N) is 1. The minimum absolute atomic E-state index is 0.185. The molecule has 4 atom stereocenters. The number of carbonyl (C=O) groups is 1. The number of nitriles is 1. The van der Waals surface area contributed by atoms with E-state index in [0.717, 1.165) is 19.3 Å². The maximum Gasteiger partial charge on any atom is 0.508 e. The average Bonchev–Trinajstić information content (AvgIpc) is 3.33. The smallest absolute Gasteiger partial charge is 0.431 e. The summed E-state index contributed by atoms with van der Waals surface area (Å²) in [6, 6.07) is 5.09. The van der Waals surface area contributed by atoms with E-state index in [9.17, 15) is 20.3 Å². The molecule has 0 unspecified atom stereocenters. The number of hydrogen-bond donors (Lipinski definition) is 3. The average molecular weight is 469 g/mol. The van der Waals surface area contributed by atoms with Crippen LogP contribution < -0.4 is 5.73 Å². The van der Waals surface area contributed by atoms with Gasteiger partial charge in [0.15, 0.2) is 5.82 Å². The van der Waals surface area contributed by atoms with Gasteiger partial charge in [-0.3, -0.25) is 0 Å². The lowest BCUT2D eigenvalue weighted by molar-refractivity contribution is -0.147. The van der Waals surface area contributed by atoms with Gasteiger partial charge in [-0.1, -0.05) is 0 Å². The Balaban J connectivity index is 1.16. The molecule has 1 aliphatic heterocycles. The van der Waals surface area contributed by atoms with Crippen molar-refractivity contribution in [3.05, 3.63) is 24.2 Å². The van der Waals surface area contributed by atoms with Gasteiger partial charge >= 0.3 is 6.16 Å². The van der Waals surface area contributed by atoms with Crippen molar-refractivity contribution in [2.45, 2.75) is 68.0 Å². The molecule has 4 bridgehead atoms. The van der Waals surface area contributed by atoms with E-state index in [2.05, 4.69) is 10.1 Å². The second-order valence-corrected chi connectivity index (χ2v) is 10.4. The molecular weight excluding hydrogens is 442 g/mol. The molecule has 0 spiro atoms. The van der Waals surface area contributed by atoms with E-state index in [0.29, 0.717) is 23.3 Å². The van der Waals surface area contributed by atoms with Gasteiger partial charge in [-0.05, 0) is 68.4 Å². The number of carbonyl (C=O) groups excluding carboxylic acids is 1. The number of aromatic nitrogens is 3. The van der Waals surface area contributed by atoms with Crippen LogP contribution in [0.15, 0.2) is 18.5 Å². The van der Waals surface area contributed by atoms with Crippen LogP contribution in [0.25, 0.3) is 5.52 Å². The first-order valence-corrected chi connectivity index (χ1v) is 11.7. The van der Waals surface area contributed by atoms with E-state index >= 15 is 0 Å². The first-order valence-electron chi connectivity index (χ1n) is 11.7. The summed E-state index contributed by atoms with van der Waals surface area (Å²) in [5.74, 6) is 2.02. The van der Waals surface area contributed by atoms with Crippen molar-refractivity contribution < 1.29 is 29.2 Å². The first kappa shape index (κ1) is 21.6. The summed E-state index contributed by atoms with van der Waals surface area (Å²) < 4.78 is 18.3. The van der Waals surface area contributed by atoms with Gasteiger partial charge in [0.1, 0.15) is 48.4 Å². The van der Waals surface area contributed by atoms with Crippen molar-refractivity contribution in [1.29, 1.82) is 5.26 Å². The lowest BCUT2D eigenvalue weighted by atomic mass is 9.54. The number of rotatable bonds is 4. The summed E-state index contributed by atoms with van der Waals surface area (Å²) >= 11 is 0. The van der Waals surface area contributed by atoms with Gasteiger partial charge in [0.25, 0.3) is 0 Å². The zero-order valence-electron chi connectivity index (χ0n) is 18.5. The molecular formula is C23H27N5O6. The number of nitrogen functional groups attached to an aromatic ring is 1. The van der Waals surface area contributed by atoms with Crippen LogP contribution in [-0.4, -0.2) is 61.5 Å². The molecule has 3 heterocycles. The van der Waals surface area contributed by atoms with E-state index in [1.807, 2.05) is 6.07 Å². The van der Waals surface area contributed by atoms with Crippen molar-refractivity contribution in [2.24, 2.45) is 17.8 Å². The molecule has 0 amide bonds. The van der Waals surface area contributed by atoms with Crippen LogP contribution in [-0.2, 0) is 19.8 Å². The van der Waals surface area contributed by atoms with E-state index in [1.54, 1.807) is 6.07 Å². The molecule has 11 nitrogen and oxygen atoms in total. The first-order chi connectivity index (χ1) is 16.3. The van der Waals surface area contributed by atoms with Gasteiger partial charge in [-0.25, -0.2) is 14.3 Å². The summed E-state index contributed by atoms with van der Waals surface area (Å²) in [5, 5.41) is 35.5. The number of nitrogens with zero attached hydrogens (tertiary/aromatic N) is 4. The molecule has 0 aromatic carbocycles. The molecule has 7 rings (SSSR count). The van der Waals surface area contributed by atoms with Crippen LogP contribution in [0.5, 0.6) is 0 Å². The molecule has 5 fully saturated rings. The third-order valence-electron chi connectivity index (χ3n) is 8.13. The molecule has 11 heteroatoms. The number of hydrogen-bond acceptors (Lipinski definition) is 10. The van der Waals surface area contributed by atoms with Crippen molar-refractivity contribution in [3.63, 3.8) is 0 Å². The van der Waals surface area contributed by atoms with Crippen LogP contribution in [0.2, 0.25) is 0 Å². The fourth-order valence-electron chi connectivity index (χ4n) is 7.06. The van der Waals surface area contributed by atoms with Crippen LogP contribution in [0.3, 0.4) is 0 Å². The van der Waals surface area contributed by atoms with Gasteiger partial charge in [0, 0.05) is 0 Å². The number of aliphatic hydroxyl groups excluding tert-OH is 2. The molecule has 4 aliphatic carbocycles. The fraction of sp³-hybridized carbons (Fsp3) is 0.652. The second kappa shape index (κ2) is 7.53. The number of anilines is 1. The minimum atomic E-state index is -1.94. The van der Waals surface area contributed by atoms with Crippen LogP contribution in [0, 0.1) is 29.1 Å². The maximum absolute atomic E-state index is 12.6. The molecule has 2 aromatic rings. The third-order valence-corrected chi connectivity index (χ3v) is 8.13.